The fourth-order valence-electron chi connectivity index (χ4n) is 2.46. The fraction of sp³-hybridized carbons (Fsp3) is 0.150. The highest BCUT2D eigenvalue weighted by molar-refractivity contribution is 5.99. The normalized spacial score (nSPS) is 10.2. The second kappa shape index (κ2) is 8.62. The monoisotopic (exact) mass is 347 g/mol. The number of urea groups is 1. The third kappa shape index (κ3) is 5.04. The van der Waals surface area contributed by atoms with Gasteiger partial charge in [0.1, 0.15) is 5.82 Å². The van der Waals surface area contributed by atoms with E-state index in [1.165, 1.54) is 5.56 Å². The zero-order valence-corrected chi connectivity index (χ0v) is 14.6. The van der Waals surface area contributed by atoms with Crippen LogP contribution in [0.1, 0.15) is 5.56 Å². The van der Waals surface area contributed by atoms with Gasteiger partial charge in [0.05, 0.1) is 11.9 Å². The first-order chi connectivity index (χ1) is 12.7. The minimum Gasteiger partial charge on any atom is -0.373 e. The maximum absolute atomic E-state index is 12.0. The lowest BCUT2D eigenvalue weighted by Crippen LogP contribution is -2.22. The largest absolute Gasteiger partial charge is 0.373 e. The highest BCUT2D eigenvalue weighted by Gasteiger charge is 2.06. The maximum Gasteiger partial charge on any atom is 0.324 e. The molecule has 0 bridgehead atoms. The zero-order valence-electron chi connectivity index (χ0n) is 14.6. The Balaban J connectivity index is 1.51. The first-order valence-electron chi connectivity index (χ1n) is 8.40. The van der Waals surface area contributed by atoms with Gasteiger partial charge in [-0.15, -0.1) is 0 Å². The van der Waals surface area contributed by atoms with Crippen molar-refractivity contribution in [3.05, 3.63) is 78.8 Å². The van der Waals surface area contributed by atoms with Crippen molar-refractivity contribution in [2.75, 3.05) is 29.1 Å². The average molecular weight is 347 g/mol. The maximum atomic E-state index is 12.0. The first kappa shape index (κ1) is 17.4. The van der Waals surface area contributed by atoms with E-state index in [-0.39, 0.29) is 6.03 Å². The Bertz CT molecular complexity index is 822. The van der Waals surface area contributed by atoms with Crippen molar-refractivity contribution in [2.24, 2.45) is 0 Å². The summed E-state index contributed by atoms with van der Waals surface area (Å²) >= 11 is 0. The van der Waals surface area contributed by atoms with Gasteiger partial charge < -0.3 is 10.2 Å². The van der Waals surface area contributed by atoms with Crippen LogP contribution in [0, 0.1) is 0 Å². The SMILES string of the molecule is CN(CCc1ccncc1)c1ccc(NC(=O)Nc2ccccc2)nc1. The van der Waals surface area contributed by atoms with Crippen LogP contribution in [0.4, 0.5) is 22.0 Å². The van der Waals surface area contributed by atoms with Gasteiger partial charge in [0, 0.05) is 31.7 Å². The molecule has 0 saturated heterocycles. The molecule has 0 aliphatic carbocycles. The van der Waals surface area contributed by atoms with Gasteiger partial charge in [0.2, 0.25) is 0 Å². The van der Waals surface area contributed by atoms with Crippen molar-refractivity contribution < 1.29 is 4.79 Å². The molecule has 2 heterocycles. The Kier molecular flexibility index (Phi) is 5.77. The lowest BCUT2D eigenvalue weighted by Gasteiger charge is -2.19. The lowest BCUT2D eigenvalue weighted by molar-refractivity contribution is 0.262. The summed E-state index contributed by atoms with van der Waals surface area (Å²) < 4.78 is 0. The second-order valence-corrected chi connectivity index (χ2v) is 5.87. The van der Waals surface area contributed by atoms with Crippen LogP contribution < -0.4 is 15.5 Å². The van der Waals surface area contributed by atoms with E-state index in [0.29, 0.717) is 5.82 Å². The number of para-hydroxylation sites is 1. The number of aromatic nitrogens is 2. The molecule has 0 aliphatic rings. The Hall–Kier alpha value is -3.41. The number of hydrogen-bond acceptors (Lipinski definition) is 4. The molecule has 26 heavy (non-hydrogen) atoms. The van der Waals surface area contributed by atoms with E-state index < -0.39 is 0 Å². The van der Waals surface area contributed by atoms with Crippen LogP contribution in [-0.2, 0) is 6.42 Å². The predicted octanol–water partition coefficient (Wildman–Crippen LogP) is 3.80. The molecule has 132 valence electrons. The molecule has 0 fully saturated rings. The molecule has 2 N–H and O–H groups in total. The van der Waals surface area contributed by atoms with Crippen molar-refractivity contribution in [1.29, 1.82) is 0 Å². The molecule has 0 atom stereocenters. The van der Waals surface area contributed by atoms with Gasteiger partial charge in [-0.05, 0) is 48.4 Å². The van der Waals surface area contributed by atoms with Crippen molar-refractivity contribution in [2.45, 2.75) is 6.42 Å². The van der Waals surface area contributed by atoms with E-state index in [1.54, 1.807) is 24.7 Å². The number of carbonyl (C=O) groups excluding carboxylic acids is 1. The van der Waals surface area contributed by atoms with Crippen LogP contribution in [0.15, 0.2) is 73.2 Å². The smallest absolute Gasteiger partial charge is 0.324 e. The lowest BCUT2D eigenvalue weighted by atomic mass is 10.2. The summed E-state index contributed by atoms with van der Waals surface area (Å²) in [6, 6.07) is 16.7. The van der Waals surface area contributed by atoms with Gasteiger partial charge in [0.15, 0.2) is 0 Å². The summed E-state index contributed by atoms with van der Waals surface area (Å²) in [4.78, 5) is 22.4. The number of benzene rings is 1. The fourth-order valence-corrected chi connectivity index (χ4v) is 2.46. The van der Waals surface area contributed by atoms with Crippen LogP contribution in [0.25, 0.3) is 0 Å². The van der Waals surface area contributed by atoms with Gasteiger partial charge in [0.25, 0.3) is 0 Å². The summed E-state index contributed by atoms with van der Waals surface area (Å²) in [6.45, 7) is 0.868. The minimum absolute atomic E-state index is 0.317. The summed E-state index contributed by atoms with van der Waals surface area (Å²) in [6.07, 6.45) is 6.29. The highest BCUT2D eigenvalue weighted by Crippen LogP contribution is 2.15. The van der Waals surface area contributed by atoms with Crippen LogP contribution >= 0.6 is 0 Å². The summed E-state index contributed by atoms with van der Waals surface area (Å²) in [5.74, 6) is 0.504. The third-order valence-electron chi connectivity index (χ3n) is 3.95. The molecule has 0 radical (unpaired) electrons. The topological polar surface area (TPSA) is 70.2 Å². The predicted molar refractivity (Wildman–Crippen MR) is 105 cm³/mol. The number of hydrogen-bond donors (Lipinski definition) is 2. The average Bonchev–Trinajstić information content (AvgIpc) is 2.68. The van der Waals surface area contributed by atoms with E-state index in [1.807, 2.05) is 55.6 Å². The molecule has 0 aliphatic heterocycles. The highest BCUT2D eigenvalue weighted by atomic mass is 16.2. The van der Waals surface area contributed by atoms with E-state index in [2.05, 4.69) is 25.5 Å². The number of rotatable bonds is 6. The van der Waals surface area contributed by atoms with Crippen LogP contribution in [0.5, 0.6) is 0 Å². The third-order valence-corrected chi connectivity index (χ3v) is 3.95. The van der Waals surface area contributed by atoms with Crippen molar-refractivity contribution >= 4 is 23.2 Å². The number of nitrogens with one attached hydrogen (secondary N) is 2. The number of amides is 2. The van der Waals surface area contributed by atoms with E-state index in [9.17, 15) is 4.79 Å². The van der Waals surface area contributed by atoms with Gasteiger partial charge in [-0.25, -0.2) is 9.78 Å². The molecule has 3 aromatic rings. The zero-order chi connectivity index (χ0) is 18.2. The van der Waals surface area contributed by atoms with Crippen LogP contribution in [0.2, 0.25) is 0 Å². The first-order valence-corrected chi connectivity index (χ1v) is 8.40. The second-order valence-electron chi connectivity index (χ2n) is 5.87. The number of anilines is 3. The number of carbonyl (C=O) groups is 1. The Morgan fingerprint density at radius 2 is 1.77 bits per heavy atom. The quantitative estimate of drug-likeness (QED) is 0.711. The number of likely N-dealkylation sites (N-methyl/N-ethyl adjacent to an activating group) is 1. The molecule has 6 nitrogen and oxygen atoms in total. The summed E-state index contributed by atoms with van der Waals surface area (Å²) in [5.41, 5.74) is 2.97. The molecule has 0 saturated carbocycles. The van der Waals surface area contributed by atoms with E-state index in [4.69, 9.17) is 0 Å². The molecule has 0 spiro atoms. The minimum atomic E-state index is -0.317. The Morgan fingerprint density at radius 1 is 1.00 bits per heavy atom. The number of nitrogens with zero attached hydrogens (tertiary/aromatic N) is 3. The van der Waals surface area contributed by atoms with Gasteiger partial charge >= 0.3 is 6.03 Å². The molecule has 2 aromatic heterocycles. The van der Waals surface area contributed by atoms with Crippen molar-refractivity contribution in [3.8, 4) is 0 Å². The molecule has 3 rings (SSSR count). The van der Waals surface area contributed by atoms with Crippen LogP contribution in [0.3, 0.4) is 0 Å². The van der Waals surface area contributed by atoms with Gasteiger partial charge in [-0.3, -0.25) is 10.3 Å². The van der Waals surface area contributed by atoms with E-state index in [0.717, 1.165) is 24.3 Å². The standard InChI is InChI=1S/C20H21N5O/c1-25(14-11-16-9-12-21-13-10-16)18-7-8-19(22-15-18)24-20(26)23-17-5-3-2-4-6-17/h2-10,12-13,15H,11,14H2,1H3,(H2,22,23,24,26). The van der Waals surface area contributed by atoms with E-state index >= 15 is 0 Å². The van der Waals surface area contributed by atoms with Crippen molar-refractivity contribution in [1.82, 2.24) is 9.97 Å². The van der Waals surface area contributed by atoms with Gasteiger partial charge in [-0.2, -0.15) is 0 Å². The summed E-state index contributed by atoms with van der Waals surface area (Å²) in [5, 5.41) is 5.49. The van der Waals surface area contributed by atoms with Crippen LogP contribution in [-0.4, -0.2) is 29.6 Å². The Morgan fingerprint density at radius 3 is 2.46 bits per heavy atom. The van der Waals surface area contributed by atoms with Crippen molar-refractivity contribution in [3.63, 3.8) is 0 Å². The molecule has 1 aromatic carbocycles. The molecular weight excluding hydrogens is 326 g/mol. The molecule has 6 heteroatoms. The molecular formula is C20H21N5O. The number of pyridine rings is 2. The Labute approximate surface area is 152 Å². The molecule has 0 unspecified atom stereocenters. The van der Waals surface area contributed by atoms with Gasteiger partial charge in [-0.1, -0.05) is 18.2 Å². The molecule has 2 amide bonds. The summed E-state index contributed by atoms with van der Waals surface area (Å²) in [7, 11) is 2.02.